The van der Waals surface area contributed by atoms with Crippen LogP contribution in [0.15, 0.2) is 12.4 Å². The van der Waals surface area contributed by atoms with E-state index in [1.165, 1.54) is 45.2 Å². The number of aryl methyl sites for hydroxylation is 1. The highest BCUT2D eigenvalue weighted by Crippen LogP contribution is 2.39. The summed E-state index contributed by atoms with van der Waals surface area (Å²) in [5, 5.41) is 3.47. The molecule has 1 N–H and O–H groups in total. The Morgan fingerprint density at radius 1 is 1.41 bits per heavy atom. The Labute approximate surface area is 133 Å². The molecule has 1 spiro atoms. The van der Waals surface area contributed by atoms with Gasteiger partial charge in [-0.1, -0.05) is 0 Å². The van der Waals surface area contributed by atoms with Crippen LogP contribution in [-0.4, -0.2) is 52.8 Å². The van der Waals surface area contributed by atoms with Crippen molar-refractivity contribution < 1.29 is 4.74 Å². The van der Waals surface area contributed by atoms with E-state index in [1.807, 2.05) is 24.0 Å². The Bertz CT molecular complexity index is 513. The van der Waals surface area contributed by atoms with Gasteiger partial charge in [-0.3, -0.25) is 0 Å². The third kappa shape index (κ3) is 3.15. The Kier molecular flexibility index (Phi) is 3.86. The SMILES string of the molecule is Cn1ccnc1NCC1COC2(CCCN(CC3CC3)C2)C1. The number of hydrogen-bond donors (Lipinski definition) is 1. The lowest BCUT2D eigenvalue weighted by Gasteiger charge is -2.40. The number of anilines is 1. The van der Waals surface area contributed by atoms with Crippen molar-refractivity contribution in [3.05, 3.63) is 12.4 Å². The van der Waals surface area contributed by atoms with Gasteiger partial charge >= 0.3 is 0 Å². The molecule has 1 aromatic heterocycles. The molecule has 3 fully saturated rings. The van der Waals surface area contributed by atoms with Crippen LogP contribution in [0.2, 0.25) is 0 Å². The minimum absolute atomic E-state index is 0.140. The second-order valence-corrected chi connectivity index (χ2v) is 7.59. The van der Waals surface area contributed by atoms with Gasteiger partial charge in [-0.15, -0.1) is 0 Å². The molecule has 1 saturated carbocycles. The molecule has 2 atom stereocenters. The van der Waals surface area contributed by atoms with E-state index in [2.05, 4.69) is 15.2 Å². The summed E-state index contributed by atoms with van der Waals surface area (Å²) in [6.07, 6.45) is 10.4. The monoisotopic (exact) mass is 304 g/mol. The number of aromatic nitrogens is 2. The first-order valence-corrected chi connectivity index (χ1v) is 8.80. The van der Waals surface area contributed by atoms with Crippen LogP contribution in [0.25, 0.3) is 0 Å². The first-order valence-electron chi connectivity index (χ1n) is 8.80. The average Bonchev–Trinajstić information content (AvgIpc) is 3.09. The van der Waals surface area contributed by atoms with E-state index >= 15 is 0 Å². The van der Waals surface area contributed by atoms with Gasteiger partial charge in [0, 0.05) is 45.0 Å². The summed E-state index contributed by atoms with van der Waals surface area (Å²) in [7, 11) is 2.03. The summed E-state index contributed by atoms with van der Waals surface area (Å²) < 4.78 is 8.35. The van der Waals surface area contributed by atoms with E-state index in [0.29, 0.717) is 5.92 Å². The van der Waals surface area contributed by atoms with Crippen LogP contribution in [0, 0.1) is 11.8 Å². The second-order valence-electron chi connectivity index (χ2n) is 7.59. The van der Waals surface area contributed by atoms with E-state index in [1.54, 1.807) is 0 Å². The van der Waals surface area contributed by atoms with E-state index in [9.17, 15) is 0 Å². The molecule has 2 unspecified atom stereocenters. The Balaban J connectivity index is 1.30. The van der Waals surface area contributed by atoms with Crippen LogP contribution in [0.1, 0.15) is 32.1 Å². The van der Waals surface area contributed by atoms with Gasteiger partial charge in [0.05, 0.1) is 12.2 Å². The van der Waals surface area contributed by atoms with Crippen LogP contribution < -0.4 is 5.32 Å². The predicted molar refractivity (Wildman–Crippen MR) is 86.9 cm³/mol. The highest BCUT2D eigenvalue weighted by Gasteiger charge is 2.43. The lowest BCUT2D eigenvalue weighted by molar-refractivity contribution is -0.0523. The predicted octanol–water partition coefficient (Wildman–Crippen LogP) is 2.11. The number of nitrogens with zero attached hydrogens (tertiary/aromatic N) is 3. The zero-order valence-corrected chi connectivity index (χ0v) is 13.6. The van der Waals surface area contributed by atoms with Crippen LogP contribution in [0.3, 0.4) is 0 Å². The fourth-order valence-electron chi connectivity index (χ4n) is 4.14. The topological polar surface area (TPSA) is 42.3 Å². The summed E-state index contributed by atoms with van der Waals surface area (Å²) in [6.45, 7) is 5.60. The molecule has 3 aliphatic rings. The zero-order chi connectivity index (χ0) is 15.0. The maximum Gasteiger partial charge on any atom is 0.202 e. The Hall–Kier alpha value is -1.07. The fourth-order valence-corrected chi connectivity index (χ4v) is 4.14. The molecule has 22 heavy (non-hydrogen) atoms. The number of hydrogen-bond acceptors (Lipinski definition) is 4. The number of ether oxygens (including phenoxy) is 1. The van der Waals surface area contributed by atoms with Gasteiger partial charge in [-0.05, 0) is 44.6 Å². The third-order valence-electron chi connectivity index (χ3n) is 5.49. The lowest BCUT2D eigenvalue weighted by atomic mass is 9.86. The number of nitrogens with one attached hydrogen (secondary N) is 1. The van der Waals surface area contributed by atoms with Crippen molar-refractivity contribution in [1.29, 1.82) is 0 Å². The van der Waals surface area contributed by atoms with Crippen molar-refractivity contribution in [2.75, 3.05) is 38.1 Å². The van der Waals surface area contributed by atoms with Crippen molar-refractivity contribution in [2.45, 2.75) is 37.7 Å². The molecule has 0 aromatic carbocycles. The van der Waals surface area contributed by atoms with Gasteiger partial charge in [0.2, 0.25) is 5.95 Å². The van der Waals surface area contributed by atoms with E-state index < -0.39 is 0 Å². The minimum atomic E-state index is 0.140. The Morgan fingerprint density at radius 3 is 3.09 bits per heavy atom. The number of imidazole rings is 1. The van der Waals surface area contributed by atoms with Crippen LogP contribution in [0.4, 0.5) is 5.95 Å². The molecule has 0 radical (unpaired) electrons. The van der Waals surface area contributed by atoms with Crippen LogP contribution >= 0.6 is 0 Å². The van der Waals surface area contributed by atoms with E-state index in [0.717, 1.165) is 31.6 Å². The minimum Gasteiger partial charge on any atom is -0.373 e. The number of rotatable bonds is 5. The van der Waals surface area contributed by atoms with E-state index in [-0.39, 0.29) is 5.60 Å². The molecule has 1 aromatic rings. The molecule has 3 heterocycles. The molecular weight excluding hydrogens is 276 g/mol. The third-order valence-corrected chi connectivity index (χ3v) is 5.49. The van der Waals surface area contributed by atoms with Gasteiger partial charge in [-0.2, -0.15) is 0 Å². The highest BCUT2D eigenvalue weighted by molar-refractivity contribution is 5.25. The normalized spacial score (nSPS) is 32.7. The zero-order valence-electron chi connectivity index (χ0n) is 13.6. The van der Waals surface area contributed by atoms with Gasteiger partial charge in [-0.25, -0.2) is 4.98 Å². The van der Waals surface area contributed by atoms with E-state index in [4.69, 9.17) is 4.74 Å². The highest BCUT2D eigenvalue weighted by atomic mass is 16.5. The van der Waals surface area contributed by atoms with Crippen LogP contribution in [0.5, 0.6) is 0 Å². The number of piperidine rings is 1. The molecule has 5 nitrogen and oxygen atoms in total. The van der Waals surface area contributed by atoms with Gasteiger partial charge in [0.1, 0.15) is 0 Å². The van der Waals surface area contributed by atoms with Crippen molar-refractivity contribution in [2.24, 2.45) is 18.9 Å². The first kappa shape index (κ1) is 14.5. The molecule has 4 rings (SSSR count). The molecule has 122 valence electrons. The molecule has 2 saturated heterocycles. The summed E-state index contributed by atoms with van der Waals surface area (Å²) >= 11 is 0. The van der Waals surface area contributed by atoms with Crippen molar-refractivity contribution in [3.8, 4) is 0 Å². The quantitative estimate of drug-likeness (QED) is 0.905. The second kappa shape index (κ2) is 5.85. The van der Waals surface area contributed by atoms with Crippen molar-refractivity contribution in [1.82, 2.24) is 14.5 Å². The standard InChI is InChI=1S/C17H28N4O/c1-20-8-6-18-16(20)19-10-15-9-17(22-12-15)5-2-7-21(13-17)11-14-3-4-14/h6,8,14-15H,2-5,7,9-13H2,1H3,(H,18,19). The lowest BCUT2D eigenvalue weighted by Crippen LogP contribution is -2.48. The summed E-state index contributed by atoms with van der Waals surface area (Å²) in [6, 6.07) is 0. The van der Waals surface area contributed by atoms with Crippen molar-refractivity contribution >= 4 is 5.95 Å². The van der Waals surface area contributed by atoms with Gasteiger partial charge < -0.3 is 19.5 Å². The molecule has 5 heteroatoms. The molecule has 1 aliphatic carbocycles. The fraction of sp³-hybridized carbons (Fsp3) is 0.824. The summed E-state index contributed by atoms with van der Waals surface area (Å²) in [5.41, 5.74) is 0.140. The summed E-state index contributed by atoms with van der Waals surface area (Å²) in [5.74, 6) is 2.55. The molecule has 2 aliphatic heterocycles. The van der Waals surface area contributed by atoms with Gasteiger partial charge in [0.15, 0.2) is 0 Å². The number of likely N-dealkylation sites (tertiary alicyclic amines) is 1. The van der Waals surface area contributed by atoms with Crippen molar-refractivity contribution in [3.63, 3.8) is 0 Å². The molecule has 0 amide bonds. The maximum atomic E-state index is 6.32. The maximum absolute atomic E-state index is 6.32. The Morgan fingerprint density at radius 2 is 2.32 bits per heavy atom. The smallest absolute Gasteiger partial charge is 0.202 e. The molecule has 0 bridgehead atoms. The summed E-state index contributed by atoms with van der Waals surface area (Å²) in [4.78, 5) is 7.00. The average molecular weight is 304 g/mol. The van der Waals surface area contributed by atoms with Crippen LogP contribution in [-0.2, 0) is 11.8 Å². The van der Waals surface area contributed by atoms with Gasteiger partial charge in [0.25, 0.3) is 0 Å². The molecular formula is C17H28N4O. The largest absolute Gasteiger partial charge is 0.373 e. The first-order chi connectivity index (χ1) is 10.7.